The fraction of sp³-hybridized carbons (Fsp3) is 0.100. The quantitative estimate of drug-likeness (QED) is 0.794. The van der Waals surface area contributed by atoms with Crippen molar-refractivity contribution in [1.82, 2.24) is 9.55 Å². The van der Waals surface area contributed by atoms with Crippen LogP contribution < -0.4 is 10.5 Å². The maximum absolute atomic E-state index is 5.87. The summed E-state index contributed by atoms with van der Waals surface area (Å²) in [4.78, 5) is 3.92. The van der Waals surface area contributed by atoms with Gasteiger partial charge in [-0.15, -0.1) is 0 Å². The van der Waals surface area contributed by atoms with Crippen molar-refractivity contribution in [2.45, 2.75) is 0 Å². The SMILES string of the molecule is COc1ccc(-n2cnc(Cl)c2)c(N)c1. The molecule has 1 aromatic heterocycles. The summed E-state index contributed by atoms with van der Waals surface area (Å²) in [6, 6.07) is 5.44. The van der Waals surface area contributed by atoms with Gasteiger partial charge in [0.15, 0.2) is 0 Å². The molecule has 0 amide bonds. The minimum Gasteiger partial charge on any atom is -0.497 e. The largest absolute Gasteiger partial charge is 0.497 e. The fourth-order valence-electron chi connectivity index (χ4n) is 1.33. The molecule has 78 valence electrons. The molecule has 0 fully saturated rings. The molecule has 2 rings (SSSR count). The summed E-state index contributed by atoms with van der Waals surface area (Å²) < 4.78 is 6.82. The summed E-state index contributed by atoms with van der Waals surface area (Å²) in [5.74, 6) is 0.725. The highest BCUT2D eigenvalue weighted by Gasteiger charge is 2.04. The molecule has 0 saturated carbocycles. The number of nitrogens with two attached hydrogens (primary N) is 1. The van der Waals surface area contributed by atoms with Gasteiger partial charge in [0.05, 0.1) is 18.5 Å². The van der Waals surface area contributed by atoms with Gasteiger partial charge in [-0.3, -0.25) is 0 Å². The average Bonchev–Trinajstić information content (AvgIpc) is 2.64. The number of nitrogens with zero attached hydrogens (tertiary/aromatic N) is 2. The van der Waals surface area contributed by atoms with Gasteiger partial charge in [-0.05, 0) is 12.1 Å². The Bertz CT molecular complexity index is 481. The summed E-state index contributed by atoms with van der Waals surface area (Å²) in [6.45, 7) is 0. The highest BCUT2D eigenvalue weighted by atomic mass is 35.5. The van der Waals surface area contributed by atoms with Crippen LogP contribution in [0.4, 0.5) is 5.69 Å². The molecule has 4 nitrogen and oxygen atoms in total. The van der Waals surface area contributed by atoms with Gasteiger partial charge in [-0.2, -0.15) is 0 Å². The van der Waals surface area contributed by atoms with E-state index in [0.29, 0.717) is 10.8 Å². The summed E-state index contributed by atoms with van der Waals surface area (Å²) in [5.41, 5.74) is 7.31. The van der Waals surface area contributed by atoms with E-state index in [1.807, 2.05) is 12.1 Å². The van der Waals surface area contributed by atoms with E-state index in [-0.39, 0.29) is 0 Å². The molecule has 0 aliphatic carbocycles. The molecule has 0 unspecified atom stereocenters. The van der Waals surface area contributed by atoms with Crippen LogP contribution in [0.3, 0.4) is 0 Å². The summed E-state index contributed by atoms with van der Waals surface area (Å²) in [5, 5.41) is 0.435. The Hall–Kier alpha value is -1.68. The van der Waals surface area contributed by atoms with Crippen LogP contribution in [0.15, 0.2) is 30.7 Å². The highest BCUT2D eigenvalue weighted by Crippen LogP contribution is 2.23. The molecule has 0 bridgehead atoms. The molecule has 0 radical (unpaired) electrons. The van der Waals surface area contributed by atoms with E-state index in [2.05, 4.69) is 4.98 Å². The average molecular weight is 224 g/mol. The number of imidazole rings is 1. The first-order valence-electron chi connectivity index (χ1n) is 4.34. The highest BCUT2D eigenvalue weighted by molar-refractivity contribution is 6.29. The third-order valence-corrected chi connectivity index (χ3v) is 2.26. The maximum atomic E-state index is 5.87. The zero-order valence-corrected chi connectivity index (χ0v) is 8.90. The fourth-order valence-corrected chi connectivity index (χ4v) is 1.47. The Balaban J connectivity index is 2.45. The topological polar surface area (TPSA) is 53.1 Å². The van der Waals surface area contributed by atoms with Crippen molar-refractivity contribution in [3.63, 3.8) is 0 Å². The summed E-state index contributed by atoms with van der Waals surface area (Å²) in [6.07, 6.45) is 3.31. The summed E-state index contributed by atoms with van der Waals surface area (Å²) in [7, 11) is 1.60. The number of hydrogen-bond acceptors (Lipinski definition) is 3. The van der Waals surface area contributed by atoms with Crippen molar-refractivity contribution in [1.29, 1.82) is 0 Å². The number of anilines is 1. The molecular formula is C10H10ClN3O. The lowest BCUT2D eigenvalue weighted by atomic mass is 10.2. The van der Waals surface area contributed by atoms with Crippen LogP contribution in [0.25, 0.3) is 5.69 Å². The van der Waals surface area contributed by atoms with Crippen molar-refractivity contribution in [3.05, 3.63) is 35.9 Å². The molecule has 15 heavy (non-hydrogen) atoms. The van der Waals surface area contributed by atoms with Crippen LogP contribution in [0, 0.1) is 0 Å². The van der Waals surface area contributed by atoms with Crippen molar-refractivity contribution < 1.29 is 4.74 Å². The van der Waals surface area contributed by atoms with E-state index in [0.717, 1.165) is 11.4 Å². The standard InChI is InChI=1S/C10H10ClN3O/c1-15-7-2-3-9(8(12)4-7)14-5-10(11)13-6-14/h2-6H,12H2,1H3. The first-order valence-corrected chi connectivity index (χ1v) is 4.72. The first-order chi connectivity index (χ1) is 7.20. The number of aromatic nitrogens is 2. The van der Waals surface area contributed by atoms with Gasteiger partial charge in [-0.1, -0.05) is 11.6 Å². The van der Waals surface area contributed by atoms with E-state index in [4.69, 9.17) is 22.1 Å². The summed E-state index contributed by atoms with van der Waals surface area (Å²) >= 11 is 5.72. The Labute approximate surface area is 92.2 Å². The van der Waals surface area contributed by atoms with Gasteiger partial charge >= 0.3 is 0 Å². The van der Waals surface area contributed by atoms with Crippen molar-refractivity contribution in [3.8, 4) is 11.4 Å². The van der Waals surface area contributed by atoms with Crippen LogP contribution in [-0.2, 0) is 0 Å². The molecule has 0 aliphatic heterocycles. The van der Waals surface area contributed by atoms with Gasteiger partial charge in [-0.25, -0.2) is 4.98 Å². The number of halogens is 1. The maximum Gasteiger partial charge on any atom is 0.147 e. The molecule has 5 heteroatoms. The van der Waals surface area contributed by atoms with Gasteiger partial charge < -0.3 is 15.0 Å². The second-order valence-electron chi connectivity index (χ2n) is 3.03. The number of ether oxygens (including phenoxy) is 1. The monoisotopic (exact) mass is 223 g/mol. The zero-order chi connectivity index (χ0) is 10.8. The predicted octanol–water partition coefficient (Wildman–Crippen LogP) is 2.12. The van der Waals surface area contributed by atoms with Gasteiger partial charge in [0, 0.05) is 12.3 Å². The number of hydrogen-bond donors (Lipinski definition) is 1. The molecule has 0 spiro atoms. The number of methoxy groups -OCH3 is 1. The van der Waals surface area contributed by atoms with E-state index < -0.39 is 0 Å². The van der Waals surface area contributed by atoms with E-state index in [1.165, 1.54) is 0 Å². The third kappa shape index (κ3) is 1.89. The van der Waals surface area contributed by atoms with Gasteiger partial charge in [0.2, 0.25) is 0 Å². The van der Waals surface area contributed by atoms with E-state index >= 15 is 0 Å². The molecule has 2 N–H and O–H groups in total. The molecule has 0 aliphatic rings. The number of rotatable bonds is 2. The smallest absolute Gasteiger partial charge is 0.147 e. The molecule has 2 aromatic rings. The van der Waals surface area contributed by atoms with Crippen LogP contribution in [0.1, 0.15) is 0 Å². The normalized spacial score (nSPS) is 10.3. The Morgan fingerprint density at radius 2 is 2.27 bits per heavy atom. The van der Waals surface area contributed by atoms with Crippen LogP contribution >= 0.6 is 11.6 Å². The van der Waals surface area contributed by atoms with Crippen molar-refractivity contribution in [2.75, 3.05) is 12.8 Å². The molecule has 1 aromatic carbocycles. The third-order valence-electron chi connectivity index (χ3n) is 2.06. The van der Waals surface area contributed by atoms with E-state index in [1.54, 1.807) is 30.3 Å². The molecule has 0 saturated heterocycles. The van der Waals surface area contributed by atoms with Gasteiger partial charge in [0.1, 0.15) is 17.2 Å². The Morgan fingerprint density at radius 1 is 1.47 bits per heavy atom. The van der Waals surface area contributed by atoms with Crippen molar-refractivity contribution >= 4 is 17.3 Å². The van der Waals surface area contributed by atoms with E-state index in [9.17, 15) is 0 Å². The number of nitrogen functional groups attached to an aromatic ring is 1. The Kier molecular flexibility index (Phi) is 2.51. The molecular weight excluding hydrogens is 214 g/mol. The molecule has 1 heterocycles. The lowest BCUT2D eigenvalue weighted by Crippen LogP contribution is -1.97. The molecule has 0 atom stereocenters. The second-order valence-corrected chi connectivity index (χ2v) is 3.42. The minimum absolute atomic E-state index is 0.435. The Morgan fingerprint density at radius 3 is 2.80 bits per heavy atom. The van der Waals surface area contributed by atoms with Crippen LogP contribution in [-0.4, -0.2) is 16.7 Å². The lowest BCUT2D eigenvalue weighted by molar-refractivity contribution is 0.415. The number of benzene rings is 1. The van der Waals surface area contributed by atoms with Crippen LogP contribution in [0.5, 0.6) is 5.75 Å². The second kappa shape index (κ2) is 3.82. The first kappa shape index (κ1) is 9.86. The van der Waals surface area contributed by atoms with Crippen molar-refractivity contribution in [2.24, 2.45) is 0 Å². The minimum atomic E-state index is 0.435. The van der Waals surface area contributed by atoms with Gasteiger partial charge in [0.25, 0.3) is 0 Å². The van der Waals surface area contributed by atoms with Crippen LogP contribution in [0.2, 0.25) is 5.15 Å². The zero-order valence-electron chi connectivity index (χ0n) is 8.14. The predicted molar refractivity (Wildman–Crippen MR) is 59.5 cm³/mol. The lowest BCUT2D eigenvalue weighted by Gasteiger charge is -2.07.